The predicted molar refractivity (Wildman–Crippen MR) is 119 cm³/mol. The number of hydrogen-bond acceptors (Lipinski definition) is 6. The molecule has 2 N–H and O–H groups in total. The van der Waals surface area contributed by atoms with E-state index in [-0.39, 0.29) is 70.4 Å². The highest BCUT2D eigenvalue weighted by molar-refractivity contribution is 8.00. The van der Waals surface area contributed by atoms with Crippen LogP contribution >= 0.6 is 23.1 Å². The molecule has 2 aliphatic carbocycles. The van der Waals surface area contributed by atoms with Crippen LogP contribution in [0, 0.1) is 36.5 Å². The van der Waals surface area contributed by atoms with E-state index in [1.807, 2.05) is 12.1 Å². The summed E-state index contributed by atoms with van der Waals surface area (Å²) >= 11 is 2.92. The summed E-state index contributed by atoms with van der Waals surface area (Å²) in [5.74, 6) is -1.83. The van der Waals surface area contributed by atoms with E-state index in [2.05, 4.69) is 24.0 Å². The molecule has 1 aromatic heterocycles. The number of nitrogens with one attached hydrogen (secondary N) is 1. The summed E-state index contributed by atoms with van der Waals surface area (Å²) in [5.41, 5.74) is 2.34. The van der Waals surface area contributed by atoms with E-state index in [0.717, 1.165) is 21.9 Å². The maximum atomic E-state index is 13.3. The van der Waals surface area contributed by atoms with E-state index < -0.39 is 5.97 Å². The van der Waals surface area contributed by atoms with E-state index in [0.29, 0.717) is 0 Å². The van der Waals surface area contributed by atoms with Crippen molar-refractivity contribution in [3.63, 3.8) is 0 Å². The number of carboxylic acids is 1. The number of amides is 2. The number of imide groups is 1. The van der Waals surface area contributed by atoms with Crippen molar-refractivity contribution in [2.75, 3.05) is 6.54 Å². The number of carboxylic acid groups (broad SMARTS) is 1. The first-order valence-corrected chi connectivity index (χ1v) is 12.6. The Morgan fingerprint density at radius 1 is 1.16 bits per heavy atom. The highest BCUT2D eigenvalue weighted by Gasteiger charge is 2.69. The van der Waals surface area contributed by atoms with Gasteiger partial charge in [-0.1, -0.05) is 35.6 Å². The van der Waals surface area contributed by atoms with Gasteiger partial charge in [0.15, 0.2) is 0 Å². The molecule has 9 heteroatoms. The fourth-order valence-corrected chi connectivity index (χ4v) is 9.67. The molecule has 3 heterocycles. The van der Waals surface area contributed by atoms with Crippen LogP contribution in [0.5, 0.6) is 0 Å². The van der Waals surface area contributed by atoms with Crippen LogP contribution in [0.25, 0.3) is 0 Å². The van der Waals surface area contributed by atoms with Crippen LogP contribution in [-0.4, -0.2) is 44.6 Å². The number of aliphatic carboxylic acids is 1. The van der Waals surface area contributed by atoms with Gasteiger partial charge in [-0.25, -0.2) is 0 Å². The molecule has 2 amide bonds. The average molecular weight is 471 g/mol. The zero-order chi connectivity index (χ0) is 22.3. The van der Waals surface area contributed by atoms with Gasteiger partial charge in [-0.15, -0.1) is 11.8 Å². The van der Waals surface area contributed by atoms with Crippen LogP contribution in [0.15, 0.2) is 34.1 Å². The first kappa shape index (κ1) is 20.2. The van der Waals surface area contributed by atoms with Gasteiger partial charge in [-0.3, -0.25) is 24.1 Å². The normalized spacial score (nSPS) is 34.5. The second-order valence-corrected chi connectivity index (χ2v) is 11.5. The Balaban J connectivity index is 1.43. The van der Waals surface area contributed by atoms with Crippen molar-refractivity contribution in [1.82, 2.24) is 9.88 Å². The minimum Gasteiger partial charge on any atom is -0.481 e. The quantitative estimate of drug-likeness (QED) is 0.666. The lowest BCUT2D eigenvalue weighted by Crippen LogP contribution is -2.42. The molecule has 6 rings (SSSR count). The van der Waals surface area contributed by atoms with Crippen molar-refractivity contribution < 1.29 is 19.5 Å². The molecule has 2 bridgehead atoms. The fraction of sp³-hybridized carbons (Fsp3) is 0.478. The Kier molecular flexibility index (Phi) is 4.46. The zero-order valence-electron chi connectivity index (χ0n) is 17.3. The number of aryl methyl sites for hydroxylation is 1. The van der Waals surface area contributed by atoms with E-state index in [1.165, 1.54) is 21.8 Å². The molecule has 7 nitrogen and oxygen atoms in total. The molecule has 1 saturated heterocycles. The molecule has 0 radical (unpaired) electrons. The third-order valence-electron chi connectivity index (χ3n) is 7.89. The fourth-order valence-electron chi connectivity index (χ4n) is 6.79. The van der Waals surface area contributed by atoms with E-state index in [4.69, 9.17) is 5.11 Å². The number of fused-ring (bicyclic) bond motifs is 9. The highest BCUT2D eigenvalue weighted by atomic mass is 32.2. The van der Waals surface area contributed by atoms with Gasteiger partial charge in [0.05, 0.1) is 23.3 Å². The van der Waals surface area contributed by atoms with Gasteiger partial charge >= 0.3 is 10.8 Å². The standard InChI is InChI=1S/C23H22N2O5S2/c1-9-4-2-3-5-10(9)14-15-11-8-12(18(15)31-20-19(14)32-23(30)24-20)17-16(11)21(28)25(22(17)29)7-6-13(26)27/h2-5,11-12,14-18H,6-8H2,1H3,(H,24,30)(H,26,27)/t11-,12-,14-,15+,16-,17-,18-/m1/s1. The van der Waals surface area contributed by atoms with Crippen LogP contribution in [0.2, 0.25) is 0 Å². The Labute approximate surface area is 192 Å². The van der Waals surface area contributed by atoms with E-state index in [9.17, 15) is 19.2 Å². The third kappa shape index (κ3) is 2.67. The highest BCUT2D eigenvalue weighted by Crippen LogP contribution is 2.68. The maximum Gasteiger partial charge on any atom is 0.305 e. The van der Waals surface area contributed by atoms with Gasteiger partial charge in [0, 0.05) is 22.6 Å². The minimum atomic E-state index is -1.01. The maximum absolute atomic E-state index is 13.3. The average Bonchev–Trinajstić information content (AvgIpc) is 3.46. The molecule has 7 atom stereocenters. The van der Waals surface area contributed by atoms with Gasteiger partial charge in [-0.05, 0) is 42.2 Å². The number of aromatic nitrogens is 1. The molecule has 1 aromatic carbocycles. The van der Waals surface area contributed by atoms with Crippen molar-refractivity contribution in [3.8, 4) is 0 Å². The number of H-pyrrole nitrogens is 1. The van der Waals surface area contributed by atoms with E-state index >= 15 is 0 Å². The molecule has 0 unspecified atom stereocenters. The first-order chi connectivity index (χ1) is 15.4. The lowest BCUT2D eigenvalue weighted by molar-refractivity contribution is -0.142. The number of thioether (sulfide) groups is 1. The van der Waals surface area contributed by atoms with Crippen molar-refractivity contribution in [3.05, 3.63) is 49.9 Å². The van der Waals surface area contributed by atoms with Crippen molar-refractivity contribution in [1.29, 1.82) is 0 Å². The summed E-state index contributed by atoms with van der Waals surface area (Å²) in [6, 6.07) is 8.22. The van der Waals surface area contributed by atoms with Crippen molar-refractivity contribution >= 4 is 40.9 Å². The first-order valence-electron chi connectivity index (χ1n) is 10.9. The van der Waals surface area contributed by atoms with Gasteiger partial charge in [0.25, 0.3) is 0 Å². The number of rotatable bonds is 4. The molecule has 166 valence electrons. The molecule has 2 aromatic rings. The van der Waals surface area contributed by atoms with Crippen LogP contribution in [-0.2, 0) is 14.4 Å². The van der Waals surface area contributed by atoms with Crippen molar-refractivity contribution in [2.45, 2.75) is 36.0 Å². The summed E-state index contributed by atoms with van der Waals surface area (Å²) in [4.78, 5) is 55.0. The van der Waals surface area contributed by atoms with Gasteiger partial charge < -0.3 is 10.1 Å². The lowest BCUT2D eigenvalue weighted by atomic mass is 9.67. The van der Waals surface area contributed by atoms with Crippen LogP contribution in [0.4, 0.5) is 0 Å². The van der Waals surface area contributed by atoms with Crippen molar-refractivity contribution in [2.24, 2.45) is 29.6 Å². The van der Waals surface area contributed by atoms with Crippen LogP contribution < -0.4 is 4.87 Å². The second kappa shape index (κ2) is 7.05. The van der Waals surface area contributed by atoms with Gasteiger partial charge in [-0.2, -0.15) is 0 Å². The molecule has 0 spiro atoms. The number of carbonyl (C=O) groups is 3. The minimum absolute atomic E-state index is 0.0216. The Bertz CT molecular complexity index is 1220. The monoisotopic (exact) mass is 470 g/mol. The molecule has 2 saturated carbocycles. The Morgan fingerprint density at radius 3 is 2.59 bits per heavy atom. The number of carbonyl (C=O) groups excluding carboxylic acids is 2. The zero-order valence-corrected chi connectivity index (χ0v) is 18.9. The number of aromatic amines is 1. The SMILES string of the molecule is Cc1ccccc1[C@H]1c2sc(=O)[nH]c2S[C@@H]2[C@@H]3C[C@@H]([C@H]4C(=O)N(CCC(=O)O)C(=O)[C@H]34)[C@@H]12. The number of hydrogen-bond donors (Lipinski definition) is 2. The molecular weight excluding hydrogens is 448 g/mol. The summed E-state index contributed by atoms with van der Waals surface area (Å²) in [7, 11) is 0. The molecular formula is C23H22N2O5S2. The molecule has 3 fully saturated rings. The number of likely N-dealkylation sites (tertiary alicyclic amines) is 1. The summed E-state index contributed by atoms with van der Waals surface area (Å²) in [6.07, 6.45) is 0.613. The molecule has 4 aliphatic rings. The second-order valence-electron chi connectivity index (χ2n) is 9.29. The van der Waals surface area contributed by atoms with Crippen LogP contribution in [0.1, 0.15) is 34.8 Å². The molecule has 32 heavy (non-hydrogen) atoms. The summed E-state index contributed by atoms with van der Waals surface area (Å²) < 4.78 is 0. The summed E-state index contributed by atoms with van der Waals surface area (Å²) in [6.45, 7) is 2.03. The summed E-state index contributed by atoms with van der Waals surface area (Å²) in [5, 5.41) is 10.1. The van der Waals surface area contributed by atoms with Crippen LogP contribution in [0.3, 0.4) is 0 Å². The smallest absolute Gasteiger partial charge is 0.305 e. The number of benzene rings is 1. The number of thiazole rings is 1. The molecule has 2 aliphatic heterocycles. The topological polar surface area (TPSA) is 108 Å². The predicted octanol–water partition coefficient (Wildman–Crippen LogP) is 2.69. The largest absolute Gasteiger partial charge is 0.481 e. The number of nitrogens with zero attached hydrogens (tertiary/aromatic N) is 1. The lowest BCUT2D eigenvalue weighted by Gasteiger charge is -2.43. The van der Waals surface area contributed by atoms with Gasteiger partial charge in [0.1, 0.15) is 0 Å². The Morgan fingerprint density at radius 2 is 1.88 bits per heavy atom. The van der Waals surface area contributed by atoms with Gasteiger partial charge in [0.2, 0.25) is 11.8 Å². The third-order valence-corrected chi connectivity index (χ3v) is 10.5. The van der Waals surface area contributed by atoms with E-state index in [1.54, 1.807) is 11.8 Å². The Hall–Kier alpha value is -2.39.